The van der Waals surface area contributed by atoms with Crippen molar-refractivity contribution in [3.05, 3.63) is 33.8 Å². The first kappa shape index (κ1) is 16.1. The second kappa shape index (κ2) is 7.13. The van der Waals surface area contributed by atoms with Crippen LogP contribution in [0.5, 0.6) is 0 Å². The molecule has 2 rings (SSSR count). The third-order valence-electron chi connectivity index (χ3n) is 4.27. The molecule has 4 heteroatoms. The fraction of sp³-hybridized carbons (Fsp3) is 0.625. The van der Waals surface area contributed by atoms with E-state index in [0.717, 1.165) is 44.0 Å². The van der Waals surface area contributed by atoms with Crippen molar-refractivity contribution in [2.24, 2.45) is 0 Å². The van der Waals surface area contributed by atoms with Gasteiger partial charge in [0.15, 0.2) is 0 Å². The van der Waals surface area contributed by atoms with Crippen LogP contribution in [-0.2, 0) is 6.42 Å². The SMILES string of the molecule is CCC1(C)CN(CCc2ccc(Cl)cc2Cl)CCCN1. The van der Waals surface area contributed by atoms with Crippen molar-refractivity contribution in [1.29, 1.82) is 0 Å². The van der Waals surface area contributed by atoms with Crippen LogP contribution in [-0.4, -0.2) is 36.6 Å². The van der Waals surface area contributed by atoms with E-state index in [1.54, 1.807) is 0 Å². The largest absolute Gasteiger partial charge is 0.310 e. The first-order chi connectivity index (χ1) is 9.52. The highest BCUT2D eigenvalue weighted by Crippen LogP contribution is 2.22. The number of hydrogen-bond acceptors (Lipinski definition) is 2. The fourth-order valence-electron chi connectivity index (χ4n) is 2.75. The van der Waals surface area contributed by atoms with Crippen LogP contribution < -0.4 is 5.32 Å². The Morgan fingerprint density at radius 2 is 2.15 bits per heavy atom. The second-order valence-electron chi connectivity index (χ2n) is 5.96. The van der Waals surface area contributed by atoms with Gasteiger partial charge in [-0.05, 0) is 57.0 Å². The van der Waals surface area contributed by atoms with Crippen LogP contribution in [0.1, 0.15) is 32.3 Å². The van der Waals surface area contributed by atoms with E-state index in [2.05, 4.69) is 24.1 Å². The lowest BCUT2D eigenvalue weighted by atomic mass is 9.98. The van der Waals surface area contributed by atoms with Crippen molar-refractivity contribution < 1.29 is 0 Å². The third kappa shape index (κ3) is 4.36. The molecule has 1 heterocycles. The Hall–Kier alpha value is -0.280. The van der Waals surface area contributed by atoms with E-state index in [0.29, 0.717) is 5.02 Å². The van der Waals surface area contributed by atoms with Gasteiger partial charge in [-0.25, -0.2) is 0 Å². The Morgan fingerprint density at radius 3 is 2.85 bits per heavy atom. The number of nitrogens with zero attached hydrogens (tertiary/aromatic N) is 1. The van der Waals surface area contributed by atoms with Crippen LogP contribution in [0, 0.1) is 0 Å². The first-order valence-corrected chi connectivity index (χ1v) is 8.19. The highest BCUT2D eigenvalue weighted by Gasteiger charge is 2.26. The number of rotatable bonds is 4. The van der Waals surface area contributed by atoms with Crippen LogP contribution in [0.25, 0.3) is 0 Å². The van der Waals surface area contributed by atoms with E-state index in [4.69, 9.17) is 23.2 Å². The van der Waals surface area contributed by atoms with Gasteiger partial charge in [0.05, 0.1) is 0 Å². The molecule has 1 aromatic rings. The van der Waals surface area contributed by atoms with Crippen molar-refractivity contribution in [2.75, 3.05) is 26.2 Å². The molecular weight excluding hydrogens is 291 g/mol. The molecular formula is C16H24Cl2N2. The number of nitrogens with one attached hydrogen (secondary N) is 1. The Balaban J connectivity index is 1.95. The molecule has 20 heavy (non-hydrogen) atoms. The smallest absolute Gasteiger partial charge is 0.0453 e. The average molecular weight is 315 g/mol. The Kier molecular flexibility index (Phi) is 5.74. The highest BCUT2D eigenvalue weighted by atomic mass is 35.5. The van der Waals surface area contributed by atoms with Gasteiger partial charge in [0.25, 0.3) is 0 Å². The molecule has 2 nitrogen and oxygen atoms in total. The molecule has 1 aliphatic heterocycles. The molecule has 1 unspecified atom stereocenters. The van der Waals surface area contributed by atoms with Crippen LogP contribution >= 0.6 is 23.2 Å². The van der Waals surface area contributed by atoms with Crippen LogP contribution in [0.15, 0.2) is 18.2 Å². The summed E-state index contributed by atoms with van der Waals surface area (Å²) in [4.78, 5) is 2.55. The molecule has 1 aliphatic rings. The van der Waals surface area contributed by atoms with Crippen LogP contribution in [0.3, 0.4) is 0 Å². The first-order valence-electron chi connectivity index (χ1n) is 7.44. The van der Waals surface area contributed by atoms with Gasteiger partial charge in [-0.1, -0.05) is 36.2 Å². The monoisotopic (exact) mass is 314 g/mol. The van der Waals surface area contributed by atoms with Crippen molar-refractivity contribution in [3.8, 4) is 0 Å². The van der Waals surface area contributed by atoms with E-state index in [1.807, 2.05) is 18.2 Å². The molecule has 0 aromatic heterocycles. The summed E-state index contributed by atoms with van der Waals surface area (Å²) >= 11 is 12.2. The zero-order valence-corrected chi connectivity index (χ0v) is 13.9. The summed E-state index contributed by atoms with van der Waals surface area (Å²) in [5, 5.41) is 5.16. The van der Waals surface area contributed by atoms with Gasteiger partial charge < -0.3 is 10.2 Å². The maximum Gasteiger partial charge on any atom is 0.0453 e. The quantitative estimate of drug-likeness (QED) is 0.903. The Bertz CT molecular complexity index is 450. The third-order valence-corrected chi connectivity index (χ3v) is 4.86. The molecule has 1 fully saturated rings. The maximum absolute atomic E-state index is 6.25. The lowest BCUT2D eigenvalue weighted by Crippen LogP contribution is -2.48. The van der Waals surface area contributed by atoms with Gasteiger partial charge in [0.2, 0.25) is 0 Å². The molecule has 0 aliphatic carbocycles. The predicted octanol–water partition coefficient (Wildman–Crippen LogP) is 4.00. The van der Waals surface area contributed by atoms with Crippen LogP contribution in [0.2, 0.25) is 10.0 Å². The summed E-state index contributed by atoms with van der Waals surface area (Å²) in [6.07, 6.45) is 3.35. The summed E-state index contributed by atoms with van der Waals surface area (Å²) in [5.41, 5.74) is 1.42. The lowest BCUT2D eigenvalue weighted by molar-refractivity contribution is 0.217. The van der Waals surface area contributed by atoms with Crippen molar-refractivity contribution in [1.82, 2.24) is 10.2 Å². The highest BCUT2D eigenvalue weighted by molar-refractivity contribution is 6.35. The van der Waals surface area contributed by atoms with E-state index >= 15 is 0 Å². The molecule has 1 aromatic carbocycles. The van der Waals surface area contributed by atoms with Crippen molar-refractivity contribution >= 4 is 23.2 Å². The summed E-state index contributed by atoms with van der Waals surface area (Å²) in [6.45, 7) is 9.01. The van der Waals surface area contributed by atoms with Gasteiger partial charge in [-0.2, -0.15) is 0 Å². The normalized spacial score (nSPS) is 24.6. The fourth-order valence-corrected chi connectivity index (χ4v) is 3.25. The zero-order valence-electron chi connectivity index (χ0n) is 12.4. The van der Waals surface area contributed by atoms with Gasteiger partial charge in [0, 0.05) is 28.7 Å². The van der Waals surface area contributed by atoms with Gasteiger partial charge in [-0.3, -0.25) is 0 Å². The van der Waals surface area contributed by atoms with Gasteiger partial charge >= 0.3 is 0 Å². The molecule has 1 atom stereocenters. The molecule has 1 saturated heterocycles. The minimum absolute atomic E-state index is 0.236. The zero-order chi connectivity index (χ0) is 14.6. The molecule has 0 bridgehead atoms. The molecule has 0 radical (unpaired) electrons. The molecule has 0 saturated carbocycles. The van der Waals surface area contributed by atoms with Gasteiger partial charge in [-0.15, -0.1) is 0 Å². The predicted molar refractivity (Wildman–Crippen MR) is 87.9 cm³/mol. The average Bonchev–Trinajstić information content (AvgIpc) is 2.60. The van der Waals surface area contributed by atoms with Crippen LogP contribution in [0.4, 0.5) is 0 Å². The molecule has 1 N–H and O–H groups in total. The number of benzene rings is 1. The lowest BCUT2D eigenvalue weighted by Gasteiger charge is -2.32. The Labute approximate surface area is 132 Å². The minimum atomic E-state index is 0.236. The molecule has 0 spiro atoms. The molecule has 0 amide bonds. The van der Waals surface area contributed by atoms with E-state index in [-0.39, 0.29) is 5.54 Å². The number of halogens is 2. The Morgan fingerprint density at radius 1 is 1.35 bits per heavy atom. The molecule has 112 valence electrons. The van der Waals surface area contributed by atoms with E-state index in [1.165, 1.54) is 12.0 Å². The van der Waals surface area contributed by atoms with Crippen molar-refractivity contribution in [2.45, 2.75) is 38.6 Å². The van der Waals surface area contributed by atoms with Crippen molar-refractivity contribution in [3.63, 3.8) is 0 Å². The minimum Gasteiger partial charge on any atom is -0.310 e. The summed E-state index contributed by atoms with van der Waals surface area (Å²) < 4.78 is 0. The topological polar surface area (TPSA) is 15.3 Å². The van der Waals surface area contributed by atoms with E-state index in [9.17, 15) is 0 Å². The van der Waals surface area contributed by atoms with Gasteiger partial charge in [0.1, 0.15) is 0 Å². The number of hydrogen-bond donors (Lipinski definition) is 1. The summed E-state index contributed by atoms with van der Waals surface area (Å²) in [6, 6.07) is 5.79. The summed E-state index contributed by atoms with van der Waals surface area (Å²) in [7, 11) is 0. The maximum atomic E-state index is 6.25. The standard InChI is InChI=1S/C16H24Cl2N2/c1-3-16(2)12-20(9-4-8-19-16)10-7-13-5-6-14(17)11-15(13)18/h5-6,11,19H,3-4,7-10,12H2,1-2H3. The van der Waals surface area contributed by atoms with E-state index < -0.39 is 0 Å². The second-order valence-corrected chi connectivity index (χ2v) is 6.80. The summed E-state index contributed by atoms with van der Waals surface area (Å²) in [5.74, 6) is 0.